The van der Waals surface area contributed by atoms with Crippen LogP contribution < -0.4 is 5.32 Å². The Balaban J connectivity index is 2.05. The minimum absolute atomic E-state index is 0.162. The first-order valence-corrected chi connectivity index (χ1v) is 6.83. The van der Waals surface area contributed by atoms with Crippen LogP contribution in [-0.4, -0.2) is 34.5 Å². The molecule has 0 radical (unpaired) electrons. The Kier molecular flexibility index (Phi) is 5.17. The molecule has 0 aromatic carbocycles. The highest BCUT2D eigenvalue weighted by Crippen LogP contribution is 2.39. The molecule has 1 rings (SSSR count). The molecule has 1 heterocycles. The number of rotatable bonds is 5. The monoisotopic (exact) mass is 235 g/mol. The first kappa shape index (κ1) is 11.7. The van der Waals surface area contributed by atoms with Crippen molar-refractivity contribution in [3.63, 3.8) is 0 Å². The van der Waals surface area contributed by atoms with Crippen LogP contribution in [0, 0.1) is 0 Å². The van der Waals surface area contributed by atoms with E-state index in [1.54, 1.807) is 0 Å². The Morgan fingerprint density at radius 3 is 2.86 bits per heavy atom. The van der Waals surface area contributed by atoms with E-state index < -0.39 is 5.97 Å². The highest BCUT2D eigenvalue weighted by molar-refractivity contribution is 8.77. The second kappa shape index (κ2) is 6.19. The number of hydrogen-bond donors (Lipinski definition) is 2. The summed E-state index contributed by atoms with van der Waals surface area (Å²) in [5, 5.41) is 11.2. The first-order chi connectivity index (χ1) is 6.68. The van der Waals surface area contributed by atoms with E-state index in [2.05, 4.69) is 5.32 Å². The average molecular weight is 235 g/mol. The van der Waals surface area contributed by atoms with E-state index in [0.29, 0.717) is 11.7 Å². The largest absolute Gasteiger partial charge is 0.480 e. The van der Waals surface area contributed by atoms with Gasteiger partial charge in [-0.3, -0.25) is 9.59 Å². The number of amides is 1. The average Bonchev–Trinajstić information content (AvgIpc) is 2.63. The molecular formula is C8H13NO3S2. The number of carbonyl (C=O) groups excluding carboxylic acids is 1. The molecule has 0 aromatic heterocycles. The summed E-state index contributed by atoms with van der Waals surface area (Å²) in [6.07, 6.45) is 2.44. The lowest BCUT2D eigenvalue weighted by Gasteiger charge is -2.06. The highest BCUT2D eigenvalue weighted by Gasteiger charge is 2.17. The van der Waals surface area contributed by atoms with Crippen molar-refractivity contribution in [1.82, 2.24) is 5.32 Å². The maximum absolute atomic E-state index is 11.1. The topological polar surface area (TPSA) is 66.4 Å². The molecular weight excluding hydrogens is 222 g/mol. The third kappa shape index (κ3) is 4.76. The third-order valence-corrected chi connectivity index (χ3v) is 4.86. The molecule has 2 N–H and O–H groups in total. The molecule has 0 saturated carbocycles. The van der Waals surface area contributed by atoms with Gasteiger partial charge in [0, 0.05) is 17.4 Å². The lowest BCUT2D eigenvalue weighted by atomic mass is 10.2. The molecule has 1 unspecified atom stereocenters. The molecule has 1 fully saturated rings. The third-order valence-electron chi connectivity index (χ3n) is 1.86. The van der Waals surface area contributed by atoms with Gasteiger partial charge in [-0.15, -0.1) is 0 Å². The fourth-order valence-corrected chi connectivity index (χ4v) is 4.10. The van der Waals surface area contributed by atoms with Gasteiger partial charge in [0.25, 0.3) is 0 Å². The Morgan fingerprint density at radius 1 is 1.50 bits per heavy atom. The van der Waals surface area contributed by atoms with Crippen LogP contribution >= 0.6 is 21.6 Å². The minimum Gasteiger partial charge on any atom is -0.480 e. The highest BCUT2D eigenvalue weighted by atomic mass is 33.1. The van der Waals surface area contributed by atoms with Crippen LogP contribution in [-0.2, 0) is 9.59 Å². The van der Waals surface area contributed by atoms with Crippen LogP contribution in [0.5, 0.6) is 0 Å². The van der Waals surface area contributed by atoms with Gasteiger partial charge in [-0.1, -0.05) is 21.6 Å². The second-order valence-corrected chi connectivity index (χ2v) is 5.83. The van der Waals surface area contributed by atoms with E-state index in [1.165, 1.54) is 0 Å². The molecule has 0 aliphatic carbocycles. The summed E-state index contributed by atoms with van der Waals surface area (Å²) in [5.41, 5.74) is 0. The zero-order valence-electron chi connectivity index (χ0n) is 7.69. The first-order valence-electron chi connectivity index (χ1n) is 4.45. The van der Waals surface area contributed by atoms with Gasteiger partial charge in [-0.2, -0.15) is 0 Å². The number of carboxylic acids is 1. The minimum atomic E-state index is -0.996. The normalized spacial score (nSPS) is 20.7. The summed E-state index contributed by atoms with van der Waals surface area (Å²) in [7, 11) is 3.67. The van der Waals surface area contributed by atoms with Crippen LogP contribution in [0.4, 0.5) is 0 Å². The SMILES string of the molecule is O=C(O)CNC(=O)CCC1CCSS1. The maximum atomic E-state index is 11.1. The molecule has 0 spiro atoms. The Hall–Kier alpha value is -0.360. The molecule has 1 atom stereocenters. The summed E-state index contributed by atoms with van der Waals surface area (Å²) in [6.45, 7) is -0.272. The van der Waals surface area contributed by atoms with Crippen LogP contribution in [0.2, 0.25) is 0 Å². The Labute approximate surface area is 90.6 Å². The molecule has 0 bridgehead atoms. The molecule has 80 valence electrons. The standard InChI is InChI=1S/C8H13NO3S2/c10-7(9-5-8(11)12)2-1-6-3-4-13-14-6/h6H,1-5H2,(H,9,10)(H,11,12). The van der Waals surface area contributed by atoms with E-state index in [9.17, 15) is 9.59 Å². The summed E-state index contributed by atoms with van der Waals surface area (Å²) in [5.74, 6) is 0.000518. The Bertz CT molecular complexity index is 217. The number of carbonyl (C=O) groups is 2. The van der Waals surface area contributed by atoms with Crippen molar-refractivity contribution in [2.45, 2.75) is 24.5 Å². The van der Waals surface area contributed by atoms with Crippen LogP contribution in [0.25, 0.3) is 0 Å². The van der Waals surface area contributed by atoms with Crippen molar-refractivity contribution in [1.29, 1.82) is 0 Å². The summed E-state index contributed by atoms with van der Waals surface area (Å²) in [4.78, 5) is 21.3. The lowest BCUT2D eigenvalue weighted by Crippen LogP contribution is -2.29. The number of hydrogen-bond acceptors (Lipinski definition) is 4. The van der Waals surface area contributed by atoms with Crippen molar-refractivity contribution in [3.8, 4) is 0 Å². The Morgan fingerprint density at radius 2 is 2.29 bits per heavy atom. The van der Waals surface area contributed by atoms with Gasteiger partial charge in [0.15, 0.2) is 0 Å². The number of aliphatic carboxylic acids is 1. The van der Waals surface area contributed by atoms with Crippen molar-refractivity contribution in [2.24, 2.45) is 0 Å². The summed E-state index contributed by atoms with van der Waals surface area (Å²) >= 11 is 0. The molecule has 4 nitrogen and oxygen atoms in total. The van der Waals surface area contributed by atoms with E-state index in [-0.39, 0.29) is 12.5 Å². The zero-order valence-corrected chi connectivity index (χ0v) is 9.33. The summed E-state index contributed by atoms with van der Waals surface area (Å²) in [6, 6.07) is 0. The van der Waals surface area contributed by atoms with Crippen LogP contribution in [0.3, 0.4) is 0 Å². The van der Waals surface area contributed by atoms with E-state index in [4.69, 9.17) is 5.11 Å². The van der Waals surface area contributed by atoms with E-state index >= 15 is 0 Å². The summed E-state index contributed by atoms with van der Waals surface area (Å²) < 4.78 is 0. The molecule has 1 amide bonds. The van der Waals surface area contributed by atoms with E-state index in [0.717, 1.165) is 18.6 Å². The van der Waals surface area contributed by atoms with Gasteiger partial charge in [-0.25, -0.2) is 0 Å². The van der Waals surface area contributed by atoms with Crippen molar-refractivity contribution >= 4 is 33.5 Å². The quantitative estimate of drug-likeness (QED) is 0.699. The molecule has 6 heteroatoms. The molecule has 14 heavy (non-hydrogen) atoms. The lowest BCUT2D eigenvalue weighted by molar-refractivity contribution is -0.137. The second-order valence-electron chi connectivity index (χ2n) is 3.04. The van der Waals surface area contributed by atoms with Crippen molar-refractivity contribution in [2.75, 3.05) is 12.3 Å². The van der Waals surface area contributed by atoms with Crippen LogP contribution in [0.15, 0.2) is 0 Å². The number of nitrogens with one attached hydrogen (secondary N) is 1. The van der Waals surface area contributed by atoms with Gasteiger partial charge < -0.3 is 10.4 Å². The van der Waals surface area contributed by atoms with Crippen molar-refractivity contribution in [3.05, 3.63) is 0 Å². The zero-order chi connectivity index (χ0) is 10.4. The van der Waals surface area contributed by atoms with Crippen LogP contribution in [0.1, 0.15) is 19.3 Å². The smallest absolute Gasteiger partial charge is 0.322 e. The van der Waals surface area contributed by atoms with E-state index in [1.807, 2.05) is 21.6 Å². The fraction of sp³-hybridized carbons (Fsp3) is 0.750. The molecule has 1 saturated heterocycles. The van der Waals surface area contributed by atoms with Gasteiger partial charge in [0.2, 0.25) is 5.91 Å². The van der Waals surface area contributed by atoms with Gasteiger partial charge in [-0.05, 0) is 12.8 Å². The molecule has 1 aliphatic rings. The predicted octanol–water partition coefficient (Wildman–Crippen LogP) is 1.12. The fourth-order valence-electron chi connectivity index (χ4n) is 1.12. The predicted molar refractivity (Wildman–Crippen MR) is 58.3 cm³/mol. The van der Waals surface area contributed by atoms with Gasteiger partial charge in [0.05, 0.1) is 0 Å². The molecule has 0 aromatic rings. The maximum Gasteiger partial charge on any atom is 0.322 e. The van der Waals surface area contributed by atoms with Crippen molar-refractivity contribution < 1.29 is 14.7 Å². The molecule has 1 aliphatic heterocycles. The number of carboxylic acid groups (broad SMARTS) is 1. The van der Waals surface area contributed by atoms with Gasteiger partial charge >= 0.3 is 5.97 Å². The van der Waals surface area contributed by atoms with Gasteiger partial charge in [0.1, 0.15) is 6.54 Å².